The number of anilines is 1. The first-order valence-electron chi connectivity index (χ1n) is 8.26. The number of hydrogen-bond donors (Lipinski definition) is 0. The third-order valence-electron chi connectivity index (χ3n) is 5.00. The van der Waals surface area contributed by atoms with E-state index < -0.39 is 0 Å². The fourth-order valence-corrected chi connectivity index (χ4v) is 3.62. The van der Waals surface area contributed by atoms with Crippen LogP contribution in [0.4, 0.5) is 5.69 Å². The van der Waals surface area contributed by atoms with Crippen molar-refractivity contribution < 1.29 is 14.4 Å². The lowest BCUT2D eigenvalue weighted by molar-refractivity contribution is -0.140. The number of nitrogens with zero attached hydrogens (tertiary/aromatic N) is 2. The largest absolute Gasteiger partial charge is 0.315 e. The lowest BCUT2D eigenvalue weighted by Gasteiger charge is -2.19. The molecule has 0 aromatic heterocycles. The number of rotatable bonds is 4. The minimum atomic E-state index is -0.141. The third-order valence-corrected chi connectivity index (χ3v) is 5.00. The molecule has 23 heavy (non-hydrogen) atoms. The van der Waals surface area contributed by atoms with Gasteiger partial charge < -0.3 is 4.90 Å². The van der Waals surface area contributed by atoms with Gasteiger partial charge in [-0.1, -0.05) is 31.0 Å². The Kier molecular flexibility index (Phi) is 4.46. The van der Waals surface area contributed by atoms with E-state index in [1.807, 2.05) is 30.3 Å². The molecule has 1 saturated heterocycles. The van der Waals surface area contributed by atoms with E-state index in [4.69, 9.17) is 0 Å². The van der Waals surface area contributed by atoms with Gasteiger partial charge in [0.15, 0.2) is 0 Å². The number of hydrogen-bond acceptors (Lipinski definition) is 3. The Morgan fingerprint density at radius 1 is 1.09 bits per heavy atom. The summed E-state index contributed by atoms with van der Waals surface area (Å²) in [6.45, 7) is 0.195. The van der Waals surface area contributed by atoms with Crippen molar-refractivity contribution in [2.24, 2.45) is 11.8 Å². The maximum absolute atomic E-state index is 12.4. The van der Waals surface area contributed by atoms with Crippen molar-refractivity contribution in [2.75, 3.05) is 18.5 Å². The summed E-state index contributed by atoms with van der Waals surface area (Å²) in [5.74, 6) is -0.521. The molecule has 1 aliphatic carbocycles. The van der Waals surface area contributed by atoms with Crippen LogP contribution in [0.2, 0.25) is 0 Å². The number of amides is 3. The first kappa shape index (κ1) is 15.7. The summed E-state index contributed by atoms with van der Waals surface area (Å²) < 4.78 is 0. The summed E-state index contributed by atoms with van der Waals surface area (Å²) in [6.07, 6.45) is 3.82. The zero-order chi connectivity index (χ0) is 16.4. The molecule has 0 bridgehead atoms. The van der Waals surface area contributed by atoms with Crippen LogP contribution in [0.25, 0.3) is 0 Å². The van der Waals surface area contributed by atoms with Crippen LogP contribution in [0.3, 0.4) is 0 Å². The van der Waals surface area contributed by atoms with Gasteiger partial charge in [0.05, 0.1) is 11.8 Å². The molecule has 1 heterocycles. The van der Waals surface area contributed by atoms with Crippen LogP contribution < -0.4 is 4.90 Å². The number of imide groups is 1. The van der Waals surface area contributed by atoms with Crippen LogP contribution in [0, 0.1) is 11.8 Å². The SMILES string of the molecule is CN(C(=O)CCN1C(=O)C2CCCCC2C1=O)c1ccccc1. The minimum Gasteiger partial charge on any atom is -0.315 e. The van der Waals surface area contributed by atoms with E-state index in [1.54, 1.807) is 11.9 Å². The highest BCUT2D eigenvalue weighted by Crippen LogP contribution is 2.38. The highest BCUT2D eigenvalue weighted by molar-refractivity contribution is 6.05. The second-order valence-corrected chi connectivity index (χ2v) is 6.36. The number of carbonyl (C=O) groups excluding carboxylic acids is 3. The van der Waals surface area contributed by atoms with Gasteiger partial charge in [0.25, 0.3) is 0 Å². The van der Waals surface area contributed by atoms with Crippen molar-refractivity contribution in [1.82, 2.24) is 4.90 Å². The molecule has 122 valence electrons. The Morgan fingerprint density at radius 3 is 2.22 bits per heavy atom. The van der Waals surface area contributed by atoms with Gasteiger partial charge in [0.2, 0.25) is 17.7 Å². The third kappa shape index (κ3) is 3.00. The smallest absolute Gasteiger partial charge is 0.233 e. The predicted octanol–water partition coefficient (Wildman–Crippen LogP) is 2.21. The van der Waals surface area contributed by atoms with Crippen molar-refractivity contribution >= 4 is 23.4 Å². The van der Waals surface area contributed by atoms with E-state index in [0.717, 1.165) is 31.4 Å². The molecule has 5 nitrogen and oxygen atoms in total. The van der Waals surface area contributed by atoms with E-state index in [1.165, 1.54) is 4.90 Å². The molecule has 2 aliphatic rings. The van der Waals surface area contributed by atoms with Crippen LogP contribution in [-0.4, -0.2) is 36.2 Å². The second kappa shape index (κ2) is 6.52. The van der Waals surface area contributed by atoms with Gasteiger partial charge in [-0.25, -0.2) is 0 Å². The van der Waals surface area contributed by atoms with Gasteiger partial charge >= 0.3 is 0 Å². The molecule has 0 N–H and O–H groups in total. The first-order chi connectivity index (χ1) is 11.1. The molecule has 2 fully saturated rings. The molecule has 1 saturated carbocycles. The quantitative estimate of drug-likeness (QED) is 0.801. The second-order valence-electron chi connectivity index (χ2n) is 6.36. The minimum absolute atomic E-state index is 0.0742. The average Bonchev–Trinajstić information content (AvgIpc) is 2.84. The topological polar surface area (TPSA) is 57.7 Å². The molecular weight excluding hydrogens is 292 g/mol. The molecule has 2 unspecified atom stereocenters. The highest BCUT2D eigenvalue weighted by atomic mass is 16.2. The summed E-state index contributed by atoms with van der Waals surface area (Å²) >= 11 is 0. The van der Waals surface area contributed by atoms with Gasteiger partial charge in [0.1, 0.15) is 0 Å². The van der Waals surface area contributed by atoms with Crippen molar-refractivity contribution in [3.05, 3.63) is 30.3 Å². The molecule has 0 radical (unpaired) electrons. The first-order valence-corrected chi connectivity index (χ1v) is 8.26. The van der Waals surface area contributed by atoms with E-state index in [2.05, 4.69) is 0 Å². The summed E-state index contributed by atoms with van der Waals surface area (Å²) in [7, 11) is 1.71. The van der Waals surface area contributed by atoms with Gasteiger partial charge in [-0.3, -0.25) is 19.3 Å². The number of likely N-dealkylation sites (tertiary alicyclic amines) is 1. The van der Waals surface area contributed by atoms with Gasteiger partial charge in [-0.15, -0.1) is 0 Å². The van der Waals surface area contributed by atoms with Crippen molar-refractivity contribution in [3.63, 3.8) is 0 Å². The van der Waals surface area contributed by atoms with Crippen LogP contribution in [0.5, 0.6) is 0 Å². The summed E-state index contributed by atoms with van der Waals surface area (Å²) in [6, 6.07) is 9.36. The van der Waals surface area contributed by atoms with Crippen LogP contribution in [0.1, 0.15) is 32.1 Å². The zero-order valence-electron chi connectivity index (χ0n) is 13.4. The Bertz CT molecular complexity index is 590. The van der Waals surface area contributed by atoms with Gasteiger partial charge in [-0.05, 0) is 25.0 Å². The number of benzene rings is 1. The molecule has 3 rings (SSSR count). The van der Waals surface area contributed by atoms with Crippen LogP contribution in [0.15, 0.2) is 30.3 Å². The number of fused-ring (bicyclic) bond motifs is 1. The van der Waals surface area contributed by atoms with Crippen molar-refractivity contribution in [2.45, 2.75) is 32.1 Å². The standard InChI is InChI=1S/C18H22N2O3/c1-19(13-7-3-2-4-8-13)16(21)11-12-20-17(22)14-9-5-6-10-15(14)18(20)23/h2-4,7-8,14-15H,5-6,9-12H2,1H3. The van der Waals surface area contributed by atoms with E-state index in [-0.39, 0.29) is 42.5 Å². The monoisotopic (exact) mass is 314 g/mol. The summed E-state index contributed by atoms with van der Waals surface area (Å²) in [4.78, 5) is 40.0. The maximum Gasteiger partial charge on any atom is 0.233 e. The molecular formula is C18H22N2O3. The lowest BCUT2D eigenvalue weighted by Crippen LogP contribution is -2.36. The zero-order valence-corrected chi connectivity index (χ0v) is 13.4. The predicted molar refractivity (Wildman–Crippen MR) is 86.6 cm³/mol. The molecule has 0 spiro atoms. The van der Waals surface area contributed by atoms with Gasteiger partial charge in [-0.2, -0.15) is 0 Å². The fourth-order valence-electron chi connectivity index (χ4n) is 3.62. The fraction of sp³-hybridized carbons (Fsp3) is 0.500. The Balaban J connectivity index is 1.61. The average molecular weight is 314 g/mol. The number of carbonyl (C=O) groups is 3. The lowest BCUT2D eigenvalue weighted by atomic mass is 9.81. The molecule has 5 heteroatoms. The van der Waals surface area contributed by atoms with Crippen LogP contribution in [-0.2, 0) is 14.4 Å². The molecule has 1 aromatic rings. The molecule has 3 amide bonds. The Labute approximate surface area is 136 Å². The van der Waals surface area contributed by atoms with E-state index in [9.17, 15) is 14.4 Å². The van der Waals surface area contributed by atoms with E-state index >= 15 is 0 Å². The normalized spacial score (nSPS) is 23.8. The molecule has 1 aromatic carbocycles. The Morgan fingerprint density at radius 2 is 1.65 bits per heavy atom. The summed E-state index contributed by atoms with van der Waals surface area (Å²) in [5, 5.41) is 0. The van der Waals surface area contributed by atoms with Crippen LogP contribution >= 0.6 is 0 Å². The number of para-hydroxylation sites is 1. The van der Waals surface area contributed by atoms with E-state index in [0.29, 0.717) is 0 Å². The van der Waals surface area contributed by atoms with Crippen molar-refractivity contribution in [1.29, 1.82) is 0 Å². The highest BCUT2D eigenvalue weighted by Gasteiger charge is 2.47. The Hall–Kier alpha value is -2.17. The maximum atomic E-state index is 12.4. The van der Waals surface area contributed by atoms with Gasteiger partial charge in [0, 0.05) is 25.7 Å². The summed E-state index contributed by atoms with van der Waals surface area (Å²) in [5.41, 5.74) is 0.810. The molecule has 1 aliphatic heterocycles. The molecule has 2 atom stereocenters. The van der Waals surface area contributed by atoms with Crippen molar-refractivity contribution in [3.8, 4) is 0 Å².